The molecule has 1 aromatic rings. The molecule has 0 bridgehead atoms. The van der Waals surface area contributed by atoms with Gasteiger partial charge in [0.2, 0.25) is 0 Å². The first-order chi connectivity index (χ1) is 9.10. The van der Waals surface area contributed by atoms with E-state index in [2.05, 4.69) is 16.0 Å². The molecule has 0 amide bonds. The number of carbonyl (C=O) groups excluding carboxylic acids is 1. The standard InChI is InChI=1S/C15H15N3O/c1-8-12-4-3-10-6-14(19)11(7-16)5-13(10)15(12)18-9(2)17-8/h5,10-11H,3-4,6H2,1-2H3. The quantitative estimate of drug-likeness (QED) is 0.710. The van der Waals surface area contributed by atoms with Crippen LogP contribution in [0.3, 0.4) is 0 Å². The largest absolute Gasteiger partial charge is 0.298 e. The van der Waals surface area contributed by atoms with E-state index in [0.717, 1.165) is 35.6 Å². The predicted octanol–water partition coefficient (Wildman–Crippen LogP) is 2.15. The summed E-state index contributed by atoms with van der Waals surface area (Å²) in [6.07, 6.45) is 4.18. The molecule has 0 radical (unpaired) electrons. The van der Waals surface area contributed by atoms with Crippen molar-refractivity contribution in [2.24, 2.45) is 11.8 Å². The molecular formula is C15H15N3O. The molecule has 96 valence electrons. The minimum Gasteiger partial charge on any atom is -0.298 e. The number of hydrogen-bond donors (Lipinski definition) is 0. The summed E-state index contributed by atoms with van der Waals surface area (Å²) in [7, 11) is 0. The van der Waals surface area contributed by atoms with Gasteiger partial charge in [0.05, 0.1) is 11.8 Å². The second-order valence-corrected chi connectivity index (χ2v) is 5.32. The number of carbonyl (C=O) groups is 1. The molecule has 2 aliphatic carbocycles. The van der Waals surface area contributed by atoms with Crippen LogP contribution >= 0.6 is 0 Å². The number of allylic oxidation sites excluding steroid dienone is 2. The Labute approximate surface area is 112 Å². The molecule has 4 heteroatoms. The molecular weight excluding hydrogens is 238 g/mol. The van der Waals surface area contributed by atoms with E-state index in [1.807, 2.05) is 19.9 Å². The smallest absolute Gasteiger partial charge is 0.154 e. The Bertz CT molecular complexity index is 640. The summed E-state index contributed by atoms with van der Waals surface area (Å²) in [4.78, 5) is 20.8. The fourth-order valence-electron chi connectivity index (χ4n) is 3.12. The maximum Gasteiger partial charge on any atom is 0.154 e. The average Bonchev–Trinajstić information content (AvgIpc) is 2.37. The van der Waals surface area contributed by atoms with Crippen LogP contribution < -0.4 is 0 Å². The number of aromatic nitrogens is 2. The summed E-state index contributed by atoms with van der Waals surface area (Å²) in [6.45, 7) is 3.89. The highest BCUT2D eigenvalue weighted by Gasteiger charge is 2.34. The summed E-state index contributed by atoms with van der Waals surface area (Å²) in [5, 5.41) is 9.06. The van der Waals surface area contributed by atoms with E-state index < -0.39 is 5.92 Å². The molecule has 2 atom stereocenters. The van der Waals surface area contributed by atoms with Crippen LogP contribution in [0.15, 0.2) is 6.08 Å². The Morgan fingerprint density at radius 1 is 1.37 bits per heavy atom. The first kappa shape index (κ1) is 12.0. The van der Waals surface area contributed by atoms with Gasteiger partial charge in [0, 0.05) is 12.1 Å². The van der Waals surface area contributed by atoms with Gasteiger partial charge in [-0.1, -0.05) is 6.08 Å². The van der Waals surface area contributed by atoms with E-state index in [-0.39, 0.29) is 11.7 Å². The molecule has 2 unspecified atom stereocenters. The molecule has 1 aromatic heterocycles. The number of rotatable bonds is 0. The van der Waals surface area contributed by atoms with Crippen LogP contribution in [-0.2, 0) is 11.2 Å². The van der Waals surface area contributed by atoms with Crippen molar-refractivity contribution < 1.29 is 4.79 Å². The molecule has 19 heavy (non-hydrogen) atoms. The number of nitrogens with zero attached hydrogens (tertiary/aromatic N) is 3. The zero-order chi connectivity index (χ0) is 13.6. The van der Waals surface area contributed by atoms with Gasteiger partial charge in [-0.3, -0.25) is 4.79 Å². The zero-order valence-corrected chi connectivity index (χ0v) is 11.1. The summed E-state index contributed by atoms with van der Waals surface area (Å²) >= 11 is 0. The van der Waals surface area contributed by atoms with Crippen LogP contribution in [0, 0.1) is 37.0 Å². The predicted molar refractivity (Wildman–Crippen MR) is 70.0 cm³/mol. The molecule has 0 fully saturated rings. The first-order valence-corrected chi connectivity index (χ1v) is 6.58. The van der Waals surface area contributed by atoms with Gasteiger partial charge in [0.25, 0.3) is 0 Å². The highest BCUT2D eigenvalue weighted by Crippen LogP contribution is 2.41. The number of aryl methyl sites for hydroxylation is 2. The number of hydrogen-bond acceptors (Lipinski definition) is 4. The lowest BCUT2D eigenvalue weighted by Gasteiger charge is -2.31. The third-order valence-electron chi connectivity index (χ3n) is 4.06. The third-order valence-corrected chi connectivity index (χ3v) is 4.06. The molecule has 4 nitrogen and oxygen atoms in total. The molecule has 0 aliphatic heterocycles. The molecule has 2 aliphatic rings. The molecule has 0 N–H and O–H groups in total. The van der Waals surface area contributed by atoms with Crippen LogP contribution in [0.2, 0.25) is 0 Å². The minimum absolute atomic E-state index is 0.0437. The average molecular weight is 253 g/mol. The number of nitriles is 1. The maximum atomic E-state index is 11.8. The Kier molecular flexibility index (Phi) is 2.70. The Morgan fingerprint density at radius 2 is 2.16 bits per heavy atom. The van der Waals surface area contributed by atoms with Crippen LogP contribution in [0.4, 0.5) is 0 Å². The van der Waals surface area contributed by atoms with Crippen molar-refractivity contribution in [2.75, 3.05) is 0 Å². The van der Waals surface area contributed by atoms with E-state index in [1.54, 1.807) is 0 Å². The normalized spacial score (nSPS) is 25.1. The summed E-state index contributed by atoms with van der Waals surface area (Å²) in [5.41, 5.74) is 4.25. The van der Waals surface area contributed by atoms with E-state index >= 15 is 0 Å². The molecule has 0 saturated carbocycles. The van der Waals surface area contributed by atoms with Crippen molar-refractivity contribution in [3.63, 3.8) is 0 Å². The molecule has 3 rings (SSSR count). The lowest BCUT2D eigenvalue weighted by atomic mass is 9.73. The van der Waals surface area contributed by atoms with Crippen molar-refractivity contribution in [1.29, 1.82) is 5.26 Å². The topological polar surface area (TPSA) is 66.6 Å². The summed E-state index contributed by atoms with van der Waals surface area (Å²) in [6, 6.07) is 2.08. The Hall–Kier alpha value is -2.02. The summed E-state index contributed by atoms with van der Waals surface area (Å²) < 4.78 is 0. The number of ketones is 1. The summed E-state index contributed by atoms with van der Waals surface area (Å²) in [5.74, 6) is 0.427. The van der Waals surface area contributed by atoms with Gasteiger partial charge in [0.15, 0.2) is 5.78 Å². The van der Waals surface area contributed by atoms with Crippen molar-refractivity contribution in [3.05, 3.63) is 28.9 Å². The van der Waals surface area contributed by atoms with Crippen LogP contribution in [-0.4, -0.2) is 15.8 Å². The van der Waals surface area contributed by atoms with Crippen LogP contribution in [0.5, 0.6) is 0 Å². The van der Waals surface area contributed by atoms with E-state index in [4.69, 9.17) is 5.26 Å². The maximum absolute atomic E-state index is 11.8. The highest BCUT2D eigenvalue weighted by molar-refractivity contribution is 5.92. The number of fused-ring (bicyclic) bond motifs is 3. The first-order valence-electron chi connectivity index (χ1n) is 6.58. The van der Waals surface area contributed by atoms with Gasteiger partial charge in [-0.15, -0.1) is 0 Å². The Balaban J connectivity index is 2.17. The van der Waals surface area contributed by atoms with Gasteiger partial charge < -0.3 is 0 Å². The fourth-order valence-corrected chi connectivity index (χ4v) is 3.12. The van der Waals surface area contributed by atoms with Gasteiger partial charge in [-0.05, 0) is 43.7 Å². The van der Waals surface area contributed by atoms with Gasteiger partial charge in [-0.2, -0.15) is 5.26 Å². The lowest BCUT2D eigenvalue weighted by molar-refractivity contribution is -0.121. The second kappa shape index (κ2) is 4.27. The SMILES string of the molecule is Cc1nc(C)c2c(n1)C1=CC(C#N)C(=O)CC1CC2. The van der Waals surface area contributed by atoms with E-state index in [0.29, 0.717) is 6.42 Å². The Morgan fingerprint density at radius 3 is 2.89 bits per heavy atom. The van der Waals surface area contributed by atoms with Crippen molar-refractivity contribution >= 4 is 11.4 Å². The minimum atomic E-state index is -0.604. The van der Waals surface area contributed by atoms with Crippen molar-refractivity contribution in [2.45, 2.75) is 33.1 Å². The number of Topliss-reactive ketones (excluding diaryl/α,β-unsaturated/α-hetero) is 1. The second-order valence-electron chi connectivity index (χ2n) is 5.32. The van der Waals surface area contributed by atoms with Crippen LogP contribution in [0.25, 0.3) is 5.57 Å². The molecule has 0 saturated heterocycles. The monoisotopic (exact) mass is 253 g/mol. The third kappa shape index (κ3) is 1.86. The van der Waals surface area contributed by atoms with Gasteiger partial charge >= 0.3 is 0 Å². The lowest BCUT2D eigenvalue weighted by Crippen LogP contribution is -2.27. The van der Waals surface area contributed by atoms with Gasteiger partial charge in [-0.25, -0.2) is 9.97 Å². The van der Waals surface area contributed by atoms with Crippen LogP contribution in [0.1, 0.15) is 35.6 Å². The molecule has 0 aromatic carbocycles. The van der Waals surface area contributed by atoms with E-state index in [9.17, 15) is 4.79 Å². The molecule has 1 heterocycles. The molecule has 0 spiro atoms. The highest BCUT2D eigenvalue weighted by atomic mass is 16.1. The van der Waals surface area contributed by atoms with E-state index in [1.165, 1.54) is 5.56 Å². The zero-order valence-electron chi connectivity index (χ0n) is 11.1. The van der Waals surface area contributed by atoms with Crippen molar-refractivity contribution in [3.8, 4) is 6.07 Å². The van der Waals surface area contributed by atoms with Crippen molar-refractivity contribution in [1.82, 2.24) is 9.97 Å². The van der Waals surface area contributed by atoms with Gasteiger partial charge in [0.1, 0.15) is 11.7 Å². The fraction of sp³-hybridized carbons (Fsp3) is 0.467.